The number of aliphatic hydroxyl groups excluding tert-OH is 1. The molecular formula is C66H120O7Si2. The first-order valence-electron chi connectivity index (χ1n) is 29.4. The third kappa shape index (κ3) is 17.5. The average Bonchev–Trinajstić information content (AvgIpc) is 3.80. The lowest BCUT2D eigenvalue weighted by atomic mass is 9.62. The summed E-state index contributed by atoms with van der Waals surface area (Å²) in [6, 6.07) is 0. The van der Waals surface area contributed by atoms with Crippen LogP contribution in [-0.2, 0) is 18.3 Å². The third-order valence-corrected chi connectivity index (χ3v) is 29.4. The summed E-state index contributed by atoms with van der Waals surface area (Å²) in [6.45, 7) is 50.0. The van der Waals surface area contributed by atoms with E-state index in [0.29, 0.717) is 67.7 Å². The molecule has 0 aromatic heterocycles. The lowest BCUT2D eigenvalue weighted by molar-refractivity contribution is -0.0459. The molecule has 11 atom stereocenters. The summed E-state index contributed by atoms with van der Waals surface area (Å²) in [5.41, 5.74) is 7.16. The largest absolute Gasteiger partial charge is 0.414 e. The molecule has 0 saturated heterocycles. The maximum atomic E-state index is 10.8. The van der Waals surface area contributed by atoms with Crippen molar-refractivity contribution in [2.45, 2.75) is 299 Å². The minimum absolute atomic E-state index is 0. The summed E-state index contributed by atoms with van der Waals surface area (Å²) >= 11 is 0. The molecule has 6 rings (SSSR count). The molecule has 6 saturated carbocycles. The van der Waals surface area contributed by atoms with Crippen LogP contribution in [0.5, 0.6) is 0 Å². The first-order valence-corrected chi connectivity index (χ1v) is 35.2. The van der Waals surface area contributed by atoms with Crippen molar-refractivity contribution in [3.05, 3.63) is 70.9 Å². The minimum atomic E-state index is -1.90. The Balaban J connectivity index is 0.000000385. The number of aliphatic hydroxyl groups is 3. The molecule has 0 aromatic rings. The van der Waals surface area contributed by atoms with E-state index in [0.717, 1.165) is 43.3 Å². The fraction of sp³-hybridized carbons (Fsp3) is 0.818. The van der Waals surface area contributed by atoms with Gasteiger partial charge in [-0.3, -0.25) is 0 Å². The van der Waals surface area contributed by atoms with Gasteiger partial charge in [0, 0.05) is 25.7 Å². The van der Waals surface area contributed by atoms with Gasteiger partial charge in [-0.25, -0.2) is 0 Å². The molecule has 0 spiro atoms. The molecule has 0 heterocycles. The number of hydrogen-bond acceptors (Lipinski definition) is 7. The molecule has 9 heteroatoms. The van der Waals surface area contributed by atoms with Gasteiger partial charge < -0.3 is 33.6 Å². The van der Waals surface area contributed by atoms with Crippen LogP contribution >= 0.6 is 0 Å². The van der Waals surface area contributed by atoms with Gasteiger partial charge >= 0.3 is 0 Å². The molecule has 6 fully saturated rings. The first kappa shape index (κ1) is 67.9. The van der Waals surface area contributed by atoms with Gasteiger partial charge in [0.05, 0.1) is 35.6 Å². The normalized spacial score (nSPS) is 33.1. The van der Waals surface area contributed by atoms with Gasteiger partial charge in [0.1, 0.15) is 0 Å². The Bertz CT molecular complexity index is 2000. The summed E-state index contributed by atoms with van der Waals surface area (Å²) in [5, 5.41) is 31.3. The van der Waals surface area contributed by atoms with Gasteiger partial charge in [-0.1, -0.05) is 124 Å². The van der Waals surface area contributed by atoms with Gasteiger partial charge in [-0.2, -0.15) is 0 Å². The Kier molecular flexibility index (Phi) is 23.9. The van der Waals surface area contributed by atoms with E-state index in [1.54, 1.807) is 11.1 Å². The number of fused-ring (bicyclic) bond motifs is 2. The molecule has 0 aliphatic heterocycles. The summed E-state index contributed by atoms with van der Waals surface area (Å²) in [7, 11) is -3.67. The van der Waals surface area contributed by atoms with E-state index in [1.165, 1.54) is 68.9 Å². The van der Waals surface area contributed by atoms with Crippen molar-refractivity contribution in [1.82, 2.24) is 0 Å². The minimum Gasteiger partial charge on any atom is -0.414 e. The second-order valence-electron chi connectivity index (χ2n) is 29.2. The van der Waals surface area contributed by atoms with E-state index in [-0.39, 0.29) is 48.7 Å². The fourth-order valence-electron chi connectivity index (χ4n) is 13.5. The zero-order valence-electron chi connectivity index (χ0n) is 50.3. The van der Waals surface area contributed by atoms with E-state index in [1.807, 2.05) is 27.7 Å². The second kappa shape index (κ2) is 26.5. The smallest absolute Gasteiger partial charge is 0.192 e. The molecule has 434 valence electrons. The molecular weight excluding hydrogens is 961 g/mol. The Morgan fingerprint density at radius 2 is 1.00 bits per heavy atom. The van der Waals surface area contributed by atoms with E-state index in [4.69, 9.17) is 18.3 Å². The maximum Gasteiger partial charge on any atom is 0.192 e. The van der Waals surface area contributed by atoms with Crippen molar-refractivity contribution in [2.75, 3.05) is 13.2 Å². The van der Waals surface area contributed by atoms with Crippen molar-refractivity contribution < 1.29 is 33.6 Å². The number of rotatable bonds is 16. The topological polar surface area (TPSA) is 97.6 Å². The van der Waals surface area contributed by atoms with Crippen LogP contribution in [-0.4, -0.2) is 86.9 Å². The average molecular weight is 1080 g/mol. The Labute approximate surface area is 465 Å². The van der Waals surface area contributed by atoms with Crippen LogP contribution in [0.1, 0.15) is 221 Å². The van der Waals surface area contributed by atoms with Gasteiger partial charge in [-0.15, -0.1) is 0 Å². The van der Waals surface area contributed by atoms with Crippen LogP contribution in [0.15, 0.2) is 70.9 Å². The quantitative estimate of drug-likeness (QED) is 0.133. The lowest BCUT2D eigenvalue weighted by Crippen LogP contribution is -2.46. The fourth-order valence-corrected chi connectivity index (χ4v) is 16.3. The highest BCUT2D eigenvalue weighted by molar-refractivity contribution is 6.74. The summed E-state index contributed by atoms with van der Waals surface area (Å²) < 4.78 is 26.1. The van der Waals surface area contributed by atoms with Crippen molar-refractivity contribution >= 4 is 16.6 Å². The highest BCUT2D eigenvalue weighted by Gasteiger charge is 2.53. The van der Waals surface area contributed by atoms with Crippen molar-refractivity contribution in [3.63, 3.8) is 0 Å². The lowest BCUT2D eigenvalue weighted by Gasteiger charge is -2.44. The molecule has 0 amide bonds. The van der Waals surface area contributed by atoms with E-state index in [2.05, 4.69) is 133 Å². The Morgan fingerprint density at radius 3 is 1.41 bits per heavy atom. The van der Waals surface area contributed by atoms with Crippen molar-refractivity contribution in [3.8, 4) is 0 Å². The molecule has 75 heavy (non-hydrogen) atoms. The molecule has 0 unspecified atom stereocenters. The monoisotopic (exact) mass is 1080 g/mol. The van der Waals surface area contributed by atoms with Gasteiger partial charge in [0.15, 0.2) is 16.6 Å². The van der Waals surface area contributed by atoms with Crippen LogP contribution in [0.4, 0.5) is 0 Å². The highest BCUT2D eigenvalue weighted by Crippen LogP contribution is 2.60. The van der Waals surface area contributed by atoms with Crippen molar-refractivity contribution in [2.24, 2.45) is 34.5 Å². The highest BCUT2D eigenvalue weighted by atomic mass is 28.4. The molecule has 0 aromatic carbocycles. The number of hydrogen-bond donors (Lipinski definition) is 3. The SMILES string of the molecule is C.C.C=C1/C(=C/C=C2\CCC[C@]3(C)[C@@H]([C@H](C)OCCC(C)(C)O)CC[C@@H]23)C[C@@H](O[Si](C)(C)C(C)(C)C)C[C@@H]1O.C=C1CC[C@H](O[Si](C)(C)C(C)(C)C)C/C1=C\C=C1/CCC[C@]2(C)[C@@H]([C@H](C)OCCC(C)(C)O)CC[C@@H]12. The van der Waals surface area contributed by atoms with Gasteiger partial charge in [0.2, 0.25) is 0 Å². The predicted molar refractivity (Wildman–Crippen MR) is 326 cm³/mol. The zero-order chi connectivity index (χ0) is 54.8. The molecule has 6 aliphatic rings. The van der Waals surface area contributed by atoms with Crippen LogP contribution in [0, 0.1) is 34.5 Å². The summed E-state index contributed by atoms with van der Waals surface area (Å²) in [4.78, 5) is 0. The number of allylic oxidation sites excluding steroid dienone is 7. The van der Waals surface area contributed by atoms with E-state index in [9.17, 15) is 15.3 Å². The molecule has 0 radical (unpaired) electrons. The maximum absolute atomic E-state index is 10.8. The predicted octanol–water partition coefficient (Wildman–Crippen LogP) is 17.7. The second-order valence-corrected chi connectivity index (χ2v) is 38.7. The van der Waals surface area contributed by atoms with Crippen LogP contribution < -0.4 is 0 Å². The molecule has 7 nitrogen and oxygen atoms in total. The summed E-state index contributed by atoms with van der Waals surface area (Å²) in [5.74, 6) is 2.38. The van der Waals surface area contributed by atoms with Crippen LogP contribution in [0.25, 0.3) is 0 Å². The first-order chi connectivity index (χ1) is 33.5. The van der Waals surface area contributed by atoms with Crippen LogP contribution in [0.2, 0.25) is 36.3 Å². The Hall–Kier alpha value is -1.41. The van der Waals surface area contributed by atoms with Gasteiger partial charge in [-0.05, 0) is 232 Å². The van der Waals surface area contributed by atoms with E-state index >= 15 is 0 Å². The standard InChI is InChI=1S/C32H56O4Si.C32H56O3Si.2CH4/c1-22-25(20-26(21-29(22)33)36-37(9,10)30(3,4)5)14-13-24-12-11-17-32(8)27(15-16-28(24)32)23(2)35-19-18-31(6,7)34;1-23-13-16-27(35-36(9,10)30(3,4)5)22-26(23)15-14-25-12-11-19-32(8)28(17-18-29(25)32)24(2)34-21-20-31(6,7)33;;/h13-14,23,26-29,33-34H,1,11-12,15-21H2,2-10H3;14-15,24,27-29,33H,1,11-13,16-22H2,2-10H3;2*1H4/b24-13+,25-14+;25-14+,26-15+;;/t23-,26+,27+,28-,29-,32+;24-,27-,28+,29-,32+;;/m00../s1. The third-order valence-electron chi connectivity index (χ3n) is 20.3. The van der Waals surface area contributed by atoms with Crippen LogP contribution in [0.3, 0.4) is 0 Å². The number of ether oxygens (including phenoxy) is 2. The van der Waals surface area contributed by atoms with Gasteiger partial charge in [0.25, 0.3) is 0 Å². The zero-order valence-corrected chi connectivity index (χ0v) is 52.3. The summed E-state index contributed by atoms with van der Waals surface area (Å²) in [6.07, 6.45) is 28.2. The van der Waals surface area contributed by atoms with Crippen molar-refractivity contribution in [1.29, 1.82) is 0 Å². The molecule has 3 N–H and O–H groups in total. The van der Waals surface area contributed by atoms with E-state index < -0.39 is 33.9 Å². The molecule has 0 bridgehead atoms. The Morgan fingerprint density at radius 1 is 0.600 bits per heavy atom. The molecule has 6 aliphatic carbocycles.